The Kier molecular flexibility index (Phi) is 1.98. The molecule has 1 aromatic carbocycles. The molecule has 2 aromatic rings. The Morgan fingerprint density at radius 3 is 3.08 bits per heavy atom. The van der Waals surface area contributed by atoms with E-state index in [4.69, 9.17) is 10.2 Å². The van der Waals surface area contributed by atoms with Gasteiger partial charge in [-0.05, 0) is 12.1 Å². The van der Waals surface area contributed by atoms with Crippen LogP contribution in [-0.2, 0) is 6.42 Å². The Balaban J connectivity index is 2.49. The van der Waals surface area contributed by atoms with E-state index in [0.29, 0.717) is 30.0 Å². The Morgan fingerprint density at radius 2 is 2.31 bits per heavy atom. The fourth-order valence-electron chi connectivity index (χ4n) is 1.18. The van der Waals surface area contributed by atoms with Gasteiger partial charge in [0.05, 0.1) is 0 Å². The van der Waals surface area contributed by atoms with Gasteiger partial charge in [-0.25, -0.2) is 9.37 Å². The first kappa shape index (κ1) is 8.19. The minimum absolute atomic E-state index is 0.305. The molecule has 1 heterocycles. The molecule has 0 bridgehead atoms. The maximum Gasteiger partial charge on any atom is 0.196 e. The number of benzene rings is 1. The molecule has 0 unspecified atom stereocenters. The second-order valence-electron chi connectivity index (χ2n) is 2.76. The highest BCUT2D eigenvalue weighted by Gasteiger charge is 2.04. The summed E-state index contributed by atoms with van der Waals surface area (Å²) in [4.78, 5) is 4.08. The molecule has 13 heavy (non-hydrogen) atoms. The number of oxazole rings is 1. The van der Waals surface area contributed by atoms with Crippen molar-refractivity contribution in [2.45, 2.75) is 6.42 Å². The van der Waals surface area contributed by atoms with Crippen LogP contribution in [0, 0.1) is 5.82 Å². The van der Waals surface area contributed by atoms with Crippen LogP contribution in [0.3, 0.4) is 0 Å². The number of halogens is 1. The summed E-state index contributed by atoms with van der Waals surface area (Å²) >= 11 is 0. The van der Waals surface area contributed by atoms with Crippen LogP contribution < -0.4 is 5.73 Å². The summed E-state index contributed by atoms with van der Waals surface area (Å²) < 4.78 is 18.0. The zero-order valence-electron chi connectivity index (χ0n) is 6.96. The molecule has 0 aliphatic carbocycles. The van der Waals surface area contributed by atoms with E-state index in [2.05, 4.69) is 4.98 Å². The fraction of sp³-hybridized carbons (Fsp3) is 0.222. The van der Waals surface area contributed by atoms with E-state index in [1.54, 1.807) is 6.07 Å². The zero-order chi connectivity index (χ0) is 9.26. The highest BCUT2D eigenvalue weighted by atomic mass is 19.1. The highest BCUT2D eigenvalue weighted by molar-refractivity contribution is 5.72. The second kappa shape index (κ2) is 3.14. The van der Waals surface area contributed by atoms with E-state index < -0.39 is 0 Å². The van der Waals surface area contributed by atoms with Gasteiger partial charge < -0.3 is 10.2 Å². The van der Waals surface area contributed by atoms with Crippen molar-refractivity contribution in [2.24, 2.45) is 5.73 Å². The second-order valence-corrected chi connectivity index (χ2v) is 2.76. The molecule has 0 aliphatic rings. The standard InChI is InChI=1S/C9H9FN2O/c10-6-1-2-8-7(5-6)12-9(13-8)3-4-11/h1-2,5H,3-4,11H2. The lowest BCUT2D eigenvalue weighted by molar-refractivity contribution is 0.531. The number of nitrogens with zero attached hydrogens (tertiary/aromatic N) is 1. The monoisotopic (exact) mass is 180 g/mol. The van der Waals surface area contributed by atoms with Crippen LogP contribution in [0.5, 0.6) is 0 Å². The summed E-state index contributed by atoms with van der Waals surface area (Å²) in [6, 6.07) is 4.26. The molecule has 0 radical (unpaired) electrons. The van der Waals surface area contributed by atoms with Crippen LogP contribution in [0.15, 0.2) is 22.6 Å². The molecule has 0 atom stereocenters. The van der Waals surface area contributed by atoms with Crippen LogP contribution in [0.1, 0.15) is 5.89 Å². The fourth-order valence-corrected chi connectivity index (χ4v) is 1.18. The number of fused-ring (bicyclic) bond motifs is 1. The summed E-state index contributed by atoms with van der Waals surface area (Å²) in [5.41, 5.74) is 6.48. The summed E-state index contributed by atoms with van der Waals surface area (Å²) in [5.74, 6) is 0.253. The largest absolute Gasteiger partial charge is 0.441 e. The van der Waals surface area contributed by atoms with Crippen molar-refractivity contribution >= 4 is 11.1 Å². The molecule has 2 N–H and O–H groups in total. The first-order valence-electron chi connectivity index (χ1n) is 4.04. The Hall–Kier alpha value is -1.42. The van der Waals surface area contributed by atoms with E-state index in [1.807, 2.05) is 0 Å². The summed E-state index contributed by atoms with van der Waals surface area (Å²) in [6.45, 7) is 0.481. The van der Waals surface area contributed by atoms with Crippen LogP contribution >= 0.6 is 0 Å². The van der Waals surface area contributed by atoms with E-state index in [9.17, 15) is 4.39 Å². The smallest absolute Gasteiger partial charge is 0.196 e. The van der Waals surface area contributed by atoms with Gasteiger partial charge in [0.25, 0.3) is 0 Å². The van der Waals surface area contributed by atoms with Gasteiger partial charge in [0.1, 0.15) is 11.3 Å². The number of rotatable bonds is 2. The predicted octanol–water partition coefficient (Wildman–Crippen LogP) is 1.47. The van der Waals surface area contributed by atoms with E-state index in [-0.39, 0.29) is 5.82 Å². The summed E-state index contributed by atoms with van der Waals surface area (Å²) in [5, 5.41) is 0. The number of nitrogens with two attached hydrogens (primary N) is 1. The Morgan fingerprint density at radius 1 is 1.46 bits per heavy atom. The van der Waals surface area contributed by atoms with Crippen molar-refractivity contribution < 1.29 is 8.81 Å². The van der Waals surface area contributed by atoms with E-state index in [1.165, 1.54) is 12.1 Å². The topological polar surface area (TPSA) is 52.0 Å². The van der Waals surface area contributed by atoms with Crippen molar-refractivity contribution in [3.8, 4) is 0 Å². The highest BCUT2D eigenvalue weighted by Crippen LogP contribution is 2.16. The molecule has 0 fully saturated rings. The third-order valence-electron chi connectivity index (χ3n) is 1.75. The van der Waals surface area contributed by atoms with Crippen molar-refractivity contribution in [1.29, 1.82) is 0 Å². The SMILES string of the molecule is NCCc1nc2cc(F)ccc2o1. The molecule has 2 rings (SSSR count). The molecule has 0 amide bonds. The maximum atomic E-state index is 12.7. The van der Waals surface area contributed by atoms with Crippen LogP contribution in [0.4, 0.5) is 4.39 Å². The third-order valence-corrected chi connectivity index (χ3v) is 1.75. The van der Waals surface area contributed by atoms with Gasteiger partial charge in [0.2, 0.25) is 0 Å². The minimum Gasteiger partial charge on any atom is -0.441 e. The van der Waals surface area contributed by atoms with Gasteiger partial charge in [-0.3, -0.25) is 0 Å². The van der Waals surface area contributed by atoms with E-state index in [0.717, 1.165) is 0 Å². The first-order chi connectivity index (χ1) is 6.29. The van der Waals surface area contributed by atoms with Crippen LogP contribution in [-0.4, -0.2) is 11.5 Å². The molecule has 1 aromatic heterocycles. The lowest BCUT2D eigenvalue weighted by Gasteiger charge is -1.85. The summed E-state index contributed by atoms with van der Waals surface area (Å²) in [6.07, 6.45) is 0.580. The normalized spacial score (nSPS) is 10.9. The average molecular weight is 180 g/mol. The van der Waals surface area contributed by atoms with Gasteiger partial charge in [0.15, 0.2) is 11.5 Å². The third kappa shape index (κ3) is 1.53. The quantitative estimate of drug-likeness (QED) is 0.761. The Bertz CT molecular complexity index is 424. The van der Waals surface area contributed by atoms with Gasteiger partial charge in [0, 0.05) is 19.0 Å². The lowest BCUT2D eigenvalue weighted by atomic mass is 10.3. The van der Waals surface area contributed by atoms with Crippen molar-refractivity contribution in [3.63, 3.8) is 0 Å². The van der Waals surface area contributed by atoms with Crippen molar-refractivity contribution in [1.82, 2.24) is 4.98 Å². The van der Waals surface area contributed by atoms with E-state index >= 15 is 0 Å². The zero-order valence-corrected chi connectivity index (χ0v) is 6.96. The number of hydrogen-bond acceptors (Lipinski definition) is 3. The molecule has 0 saturated heterocycles. The average Bonchev–Trinajstić information content (AvgIpc) is 2.46. The van der Waals surface area contributed by atoms with Gasteiger partial charge >= 0.3 is 0 Å². The maximum absolute atomic E-state index is 12.7. The Labute approximate surface area is 74.4 Å². The molecule has 4 heteroatoms. The van der Waals surface area contributed by atoms with Crippen molar-refractivity contribution in [3.05, 3.63) is 29.9 Å². The number of aromatic nitrogens is 1. The van der Waals surface area contributed by atoms with Crippen molar-refractivity contribution in [2.75, 3.05) is 6.54 Å². The van der Waals surface area contributed by atoms with Gasteiger partial charge in [-0.1, -0.05) is 0 Å². The molecule has 0 aliphatic heterocycles. The number of hydrogen-bond donors (Lipinski definition) is 1. The lowest BCUT2D eigenvalue weighted by Crippen LogP contribution is -2.02. The predicted molar refractivity (Wildman–Crippen MR) is 46.7 cm³/mol. The molecule has 3 nitrogen and oxygen atoms in total. The summed E-state index contributed by atoms with van der Waals surface area (Å²) in [7, 11) is 0. The molecule has 0 saturated carbocycles. The molecule has 0 spiro atoms. The van der Waals surface area contributed by atoms with Gasteiger partial charge in [-0.15, -0.1) is 0 Å². The molecule has 68 valence electrons. The van der Waals surface area contributed by atoms with Gasteiger partial charge in [-0.2, -0.15) is 0 Å². The molecular weight excluding hydrogens is 171 g/mol. The van der Waals surface area contributed by atoms with Crippen LogP contribution in [0.2, 0.25) is 0 Å². The minimum atomic E-state index is -0.305. The first-order valence-corrected chi connectivity index (χ1v) is 4.04. The molecular formula is C9H9FN2O. The van der Waals surface area contributed by atoms with Crippen LogP contribution in [0.25, 0.3) is 11.1 Å².